The van der Waals surface area contributed by atoms with Gasteiger partial charge in [0.25, 0.3) is 10.0 Å². The zero-order valence-corrected chi connectivity index (χ0v) is 18.2. The molecular formula is C22H22N2O4S2. The van der Waals surface area contributed by atoms with Gasteiger partial charge >= 0.3 is 0 Å². The Morgan fingerprint density at radius 3 is 2.37 bits per heavy atom. The van der Waals surface area contributed by atoms with Crippen LogP contribution in [-0.4, -0.2) is 34.2 Å². The van der Waals surface area contributed by atoms with E-state index < -0.39 is 10.0 Å². The van der Waals surface area contributed by atoms with Crippen molar-refractivity contribution in [1.82, 2.24) is 0 Å². The molecule has 0 saturated carbocycles. The van der Waals surface area contributed by atoms with Crippen molar-refractivity contribution in [2.75, 3.05) is 29.5 Å². The number of methoxy groups -OCH3 is 1. The third kappa shape index (κ3) is 5.34. The first-order chi connectivity index (χ1) is 14.4. The van der Waals surface area contributed by atoms with Gasteiger partial charge in [-0.1, -0.05) is 24.3 Å². The third-order valence-electron chi connectivity index (χ3n) is 4.33. The topological polar surface area (TPSA) is 75.7 Å². The molecule has 3 rings (SSSR count). The molecule has 0 aromatic heterocycles. The number of rotatable bonds is 8. The molecule has 0 aliphatic rings. The minimum Gasteiger partial charge on any atom is -0.497 e. The average molecular weight is 443 g/mol. The van der Waals surface area contributed by atoms with Crippen molar-refractivity contribution in [3.63, 3.8) is 0 Å². The van der Waals surface area contributed by atoms with Gasteiger partial charge in [-0.2, -0.15) is 0 Å². The minimum atomic E-state index is -3.65. The number of amides is 1. The number of nitrogens with zero attached hydrogens (tertiary/aromatic N) is 1. The lowest BCUT2D eigenvalue weighted by Crippen LogP contribution is -2.26. The summed E-state index contributed by atoms with van der Waals surface area (Å²) in [4.78, 5) is 13.2. The number of carbonyl (C=O) groups is 1. The van der Waals surface area contributed by atoms with Gasteiger partial charge in [0.15, 0.2) is 0 Å². The van der Waals surface area contributed by atoms with E-state index in [0.29, 0.717) is 17.1 Å². The fraction of sp³-hybridized carbons (Fsp3) is 0.136. The summed E-state index contributed by atoms with van der Waals surface area (Å²) in [5.74, 6) is 0.708. The molecule has 1 amide bonds. The first-order valence-corrected chi connectivity index (χ1v) is 11.5. The molecule has 0 aliphatic carbocycles. The number of hydrogen-bond donors (Lipinski definition) is 1. The quantitative estimate of drug-likeness (QED) is 0.528. The molecule has 0 bridgehead atoms. The predicted molar refractivity (Wildman–Crippen MR) is 121 cm³/mol. The summed E-state index contributed by atoms with van der Waals surface area (Å²) < 4.78 is 32.0. The van der Waals surface area contributed by atoms with Crippen LogP contribution in [0.1, 0.15) is 0 Å². The summed E-state index contributed by atoms with van der Waals surface area (Å²) in [6.45, 7) is 0. The van der Waals surface area contributed by atoms with Crippen LogP contribution in [0.4, 0.5) is 11.4 Å². The molecule has 156 valence electrons. The van der Waals surface area contributed by atoms with Gasteiger partial charge in [0.1, 0.15) is 5.75 Å². The van der Waals surface area contributed by atoms with Gasteiger partial charge in [-0.15, -0.1) is 11.8 Å². The zero-order valence-electron chi connectivity index (χ0n) is 16.6. The summed E-state index contributed by atoms with van der Waals surface area (Å²) in [6, 6.07) is 22.5. The van der Waals surface area contributed by atoms with Crippen LogP contribution in [0.25, 0.3) is 0 Å². The minimum absolute atomic E-state index is 0.159. The Bertz CT molecular complexity index is 1100. The fourth-order valence-corrected chi connectivity index (χ4v) is 4.58. The molecule has 0 saturated heterocycles. The Labute approximate surface area is 180 Å². The van der Waals surface area contributed by atoms with Gasteiger partial charge in [-0.3, -0.25) is 9.10 Å². The maximum atomic E-state index is 12.8. The first kappa shape index (κ1) is 21.7. The molecule has 0 spiro atoms. The highest BCUT2D eigenvalue weighted by Crippen LogP contribution is 2.25. The van der Waals surface area contributed by atoms with Crippen LogP contribution >= 0.6 is 11.8 Å². The summed E-state index contributed by atoms with van der Waals surface area (Å²) in [5.41, 5.74) is 1.25. The third-order valence-corrected chi connectivity index (χ3v) is 7.14. The lowest BCUT2D eigenvalue weighted by atomic mass is 10.3. The first-order valence-electron chi connectivity index (χ1n) is 9.11. The van der Waals surface area contributed by atoms with Crippen LogP contribution in [0.3, 0.4) is 0 Å². The maximum absolute atomic E-state index is 12.8. The standard InChI is InChI=1S/C22H22N2O4S2/c1-24(18-8-4-3-5-9-18)30(26,27)21-13-11-20(12-14-21)29-16-22(25)23-17-7-6-10-19(15-17)28-2/h3-15H,16H2,1-2H3,(H,23,25). The molecule has 0 radical (unpaired) electrons. The Balaban J connectivity index is 1.61. The highest BCUT2D eigenvalue weighted by Gasteiger charge is 2.21. The molecule has 1 N–H and O–H groups in total. The number of carbonyl (C=O) groups excluding carboxylic acids is 1. The summed E-state index contributed by atoms with van der Waals surface area (Å²) in [7, 11) is -0.563. The van der Waals surface area contributed by atoms with E-state index in [-0.39, 0.29) is 16.6 Å². The van der Waals surface area contributed by atoms with Crippen molar-refractivity contribution in [1.29, 1.82) is 0 Å². The van der Waals surface area contributed by atoms with E-state index in [0.717, 1.165) is 4.90 Å². The smallest absolute Gasteiger partial charge is 0.264 e. The SMILES string of the molecule is COc1cccc(NC(=O)CSc2ccc(S(=O)(=O)N(C)c3ccccc3)cc2)c1. The molecule has 0 atom stereocenters. The fourth-order valence-electron chi connectivity index (χ4n) is 2.69. The van der Waals surface area contributed by atoms with E-state index >= 15 is 0 Å². The van der Waals surface area contributed by atoms with E-state index in [1.54, 1.807) is 79.9 Å². The molecule has 3 aromatic rings. The molecule has 0 unspecified atom stereocenters. The number of benzene rings is 3. The van der Waals surface area contributed by atoms with Crippen LogP contribution in [0, 0.1) is 0 Å². The molecule has 6 nitrogen and oxygen atoms in total. The number of thioether (sulfide) groups is 1. The van der Waals surface area contributed by atoms with Gasteiger partial charge in [0.2, 0.25) is 5.91 Å². The summed E-state index contributed by atoms with van der Waals surface area (Å²) in [5, 5.41) is 2.81. The van der Waals surface area contributed by atoms with Gasteiger partial charge in [0, 0.05) is 23.7 Å². The van der Waals surface area contributed by atoms with E-state index in [9.17, 15) is 13.2 Å². The van der Waals surface area contributed by atoms with Crippen LogP contribution < -0.4 is 14.4 Å². The highest BCUT2D eigenvalue weighted by molar-refractivity contribution is 8.00. The maximum Gasteiger partial charge on any atom is 0.264 e. The van der Waals surface area contributed by atoms with Crippen molar-refractivity contribution in [2.45, 2.75) is 9.79 Å². The van der Waals surface area contributed by atoms with Crippen molar-refractivity contribution in [2.24, 2.45) is 0 Å². The van der Waals surface area contributed by atoms with Gasteiger partial charge in [0.05, 0.1) is 23.4 Å². The van der Waals surface area contributed by atoms with Crippen LogP contribution in [-0.2, 0) is 14.8 Å². The Hall–Kier alpha value is -2.97. The molecule has 30 heavy (non-hydrogen) atoms. The number of anilines is 2. The van der Waals surface area contributed by atoms with E-state index in [4.69, 9.17) is 4.74 Å². The average Bonchev–Trinajstić information content (AvgIpc) is 2.78. The van der Waals surface area contributed by atoms with Crippen LogP contribution in [0.5, 0.6) is 5.75 Å². The molecular weight excluding hydrogens is 420 g/mol. The van der Waals surface area contributed by atoms with E-state index in [1.807, 2.05) is 6.07 Å². The van der Waals surface area contributed by atoms with Crippen molar-refractivity contribution in [3.8, 4) is 5.75 Å². The van der Waals surface area contributed by atoms with Gasteiger partial charge < -0.3 is 10.1 Å². The molecule has 3 aromatic carbocycles. The molecule has 0 aliphatic heterocycles. The van der Waals surface area contributed by atoms with Crippen molar-refractivity contribution < 1.29 is 17.9 Å². The normalized spacial score (nSPS) is 11.0. The number of para-hydroxylation sites is 1. The van der Waals surface area contributed by atoms with E-state index in [1.165, 1.54) is 23.1 Å². The second-order valence-electron chi connectivity index (χ2n) is 6.35. The summed E-state index contributed by atoms with van der Waals surface area (Å²) in [6.07, 6.45) is 0. The second-order valence-corrected chi connectivity index (χ2v) is 9.37. The summed E-state index contributed by atoms with van der Waals surface area (Å²) >= 11 is 1.33. The second kappa shape index (κ2) is 9.69. The number of ether oxygens (including phenoxy) is 1. The van der Waals surface area contributed by atoms with E-state index in [2.05, 4.69) is 5.32 Å². The van der Waals surface area contributed by atoms with Crippen LogP contribution in [0.2, 0.25) is 0 Å². The number of sulfonamides is 1. The lowest BCUT2D eigenvalue weighted by Gasteiger charge is -2.19. The largest absolute Gasteiger partial charge is 0.497 e. The zero-order chi connectivity index (χ0) is 21.6. The highest BCUT2D eigenvalue weighted by atomic mass is 32.2. The van der Waals surface area contributed by atoms with Gasteiger partial charge in [-0.25, -0.2) is 8.42 Å². The van der Waals surface area contributed by atoms with Crippen molar-refractivity contribution in [3.05, 3.63) is 78.9 Å². The Kier molecular flexibility index (Phi) is 7.02. The monoisotopic (exact) mass is 442 g/mol. The lowest BCUT2D eigenvalue weighted by molar-refractivity contribution is -0.113. The van der Waals surface area contributed by atoms with Crippen LogP contribution in [0.15, 0.2) is 88.7 Å². The molecule has 0 heterocycles. The van der Waals surface area contributed by atoms with Gasteiger partial charge in [-0.05, 0) is 48.5 Å². The molecule has 0 fully saturated rings. The molecule has 8 heteroatoms. The Morgan fingerprint density at radius 2 is 1.70 bits per heavy atom. The predicted octanol–water partition coefficient (Wildman–Crippen LogP) is 4.25. The number of nitrogens with one attached hydrogen (secondary N) is 1. The number of hydrogen-bond acceptors (Lipinski definition) is 5. The van der Waals surface area contributed by atoms with Crippen molar-refractivity contribution >= 4 is 39.1 Å². The Morgan fingerprint density at radius 1 is 1.00 bits per heavy atom.